The standard InChI is InChI=1S/C24H25ClN4O3/c1-16-4-3-5-19(12-16)32-15-22(30)29-11-10-21-20(14-29)23(27-28(21)2)24(31)26-13-17-6-8-18(25)9-7-17/h3-9,12H,10-11,13-15H2,1-2H3,(H,26,31). The highest BCUT2D eigenvalue weighted by Gasteiger charge is 2.29. The minimum atomic E-state index is -0.262. The molecule has 166 valence electrons. The van der Waals surface area contributed by atoms with Crippen LogP contribution in [-0.4, -0.2) is 39.6 Å². The number of benzene rings is 2. The van der Waals surface area contributed by atoms with Gasteiger partial charge in [0.05, 0.1) is 0 Å². The summed E-state index contributed by atoms with van der Waals surface area (Å²) in [6.07, 6.45) is 0.638. The molecule has 4 rings (SSSR count). The molecule has 0 spiro atoms. The normalized spacial score (nSPS) is 12.9. The van der Waals surface area contributed by atoms with Crippen LogP contribution in [0.2, 0.25) is 5.02 Å². The summed E-state index contributed by atoms with van der Waals surface area (Å²) in [5, 5.41) is 7.99. The molecule has 0 saturated heterocycles. The number of rotatable bonds is 6. The van der Waals surface area contributed by atoms with Crippen molar-refractivity contribution in [3.63, 3.8) is 0 Å². The molecule has 2 heterocycles. The average molecular weight is 453 g/mol. The van der Waals surface area contributed by atoms with Crippen molar-refractivity contribution in [2.45, 2.75) is 26.4 Å². The van der Waals surface area contributed by atoms with Gasteiger partial charge in [-0.25, -0.2) is 0 Å². The third-order valence-corrected chi connectivity index (χ3v) is 5.78. The van der Waals surface area contributed by atoms with Gasteiger partial charge in [-0.05, 0) is 42.3 Å². The molecule has 2 aromatic carbocycles. The van der Waals surface area contributed by atoms with Crippen LogP contribution in [0.3, 0.4) is 0 Å². The van der Waals surface area contributed by atoms with Gasteiger partial charge < -0.3 is 15.0 Å². The average Bonchev–Trinajstić information content (AvgIpc) is 3.13. The third-order valence-electron chi connectivity index (χ3n) is 5.53. The number of aromatic nitrogens is 2. The lowest BCUT2D eigenvalue weighted by atomic mass is 10.0. The van der Waals surface area contributed by atoms with Gasteiger partial charge in [-0.1, -0.05) is 35.9 Å². The first-order valence-corrected chi connectivity index (χ1v) is 10.8. The highest BCUT2D eigenvalue weighted by atomic mass is 35.5. The van der Waals surface area contributed by atoms with Crippen molar-refractivity contribution in [2.24, 2.45) is 7.05 Å². The predicted octanol–water partition coefficient (Wildman–Crippen LogP) is 3.28. The number of amides is 2. The first-order valence-electron chi connectivity index (χ1n) is 10.5. The number of halogens is 1. The van der Waals surface area contributed by atoms with Gasteiger partial charge in [0.25, 0.3) is 11.8 Å². The zero-order valence-electron chi connectivity index (χ0n) is 18.1. The Labute approximate surface area is 191 Å². The molecule has 0 bridgehead atoms. The Morgan fingerprint density at radius 1 is 1.19 bits per heavy atom. The highest BCUT2D eigenvalue weighted by molar-refractivity contribution is 6.30. The first-order chi connectivity index (χ1) is 15.4. The number of hydrogen-bond donors (Lipinski definition) is 1. The molecule has 0 saturated carbocycles. The number of nitrogens with one attached hydrogen (secondary N) is 1. The quantitative estimate of drug-likeness (QED) is 0.622. The second-order valence-corrected chi connectivity index (χ2v) is 8.31. The Morgan fingerprint density at radius 3 is 2.72 bits per heavy atom. The lowest BCUT2D eigenvalue weighted by Gasteiger charge is -2.27. The largest absolute Gasteiger partial charge is 0.484 e. The number of carbonyl (C=O) groups is 2. The van der Waals surface area contributed by atoms with Gasteiger partial charge in [0, 0.05) is 49.4 Å². The molecule has 32 heavy (non-hydrogen) atoms. The zero-order valence-corrected chi connectivity index (χ0v) is 18.9. The van der Waals surface area contributed by atoms with E-state index >= 15 is 0 Å². The maximum Gasteiger partial charge on any atom is 0.272 e. The van der Waals surface area contributed by atoms with Gasteiger partial charge in [-0.2, -0.15) is 5.10 Å². The van der Waals surface area contributed by atoms with E-state index in [0.717, 1.165) is 22.4 Å². The number of carbonyl (C=O) groups excluding carboxylic acids is 2. The number of ether oxygens (including phenoxy) is 1. The van der Waals surface area contributed by atoms with Crippen molar-refractivity contribution >= 4 is 23.4 Å². The molecule has 2 amide bonds. The van der Waals surface area contributed by atoms with Crippen molar-refractivity contribution in [3.05, 3.63) is 81.6 Å². The van der Waals surface area contributed by atoms with Crippen LogP contribution in [0.4, 0.5) is 0 Å². The predicted molar refractivity (Wildman–Crippen MR) is 122 cm³/mol. The Morgan fingerprint density at radius 2 is 1.97 bits per heavy atom. The summed E-state index contributed by atoms with van der Waals surface area (Å²) in [5.74, 6) is 0.287. The summed E-state index contributed by atoms with van der Waals surface area (Å²) in [7, 11) is 1.83. The fourth-order valence-electron chi connectivity index (χ4n) is 3.80. The van der Waals surface area contributed by atoms with Crippen molar-refractivity contribution in [1.82, 2.24) is 20.0 Å². The van der Waals surface area contributed by atoms with Crippen molar-refractivity contribution in [3.8, 4) is 5.75 Å². The third kappa shape index (κ3) is 4.94. The summed E-state index contributed by atoms with van der Waals surface area (Å²) in [4.78, 5) is 27.3. The molecule has 1 N–H and O–H groups in total. The molecule has 0 aliphatic carbocycles. The zero-order chi connectivity index (χ0) is 22.7. The topological polar surface area (TPSA) is 76.5 Å². The Bertz CT molecular complexity index is 1140. The molecule has 8 heteroatoms. The number of nitrogens with zero attached hydrogens (tertiary/aromatic N) is 3. The molecular formula is C24H25ClN4O3. The lowest BCUT2D eigenvalue weighted by molar-refractivity contribution is -0.134. The molecule has 0 fully saturated rings. The van der Waals surface area contributed by atoms with E-state index in [0.29, 0.717) is 42.5 Å². The monoisotopic (exact) mass is 452 g/mol. The Balaban J connectivity index is 1.41. The summed E-state index contributed by atoms with van der Waals surface area (Å²) in [6.45, 7) is 3.20. The molecule has 0 atom stereocenters. The van der Waals surface area contributed by atoms with Gasteiger partial charge in [-0.3, -0.25) is 14.3 Å². The van der Waals surface area contributed by atoms with E-state index in [4.69, 9.17) is 16.3 Å². The van der Waals surface area contributed by atoms with E-state index in [9.17, 15) is 9.59 Å². The van der Waals surface area contributed by atoms with E-state index in [2.05, 4.69) is 10.4 Å². The SMILES string of the molecule is Cc1cccc(OCC(=O)N2CCc3c(c(C(=O)NCc4ccc(Cl)cc4)nn3C)C2)c1. The second-order valence-electron chi connectivity index (χ2n) is 7.88. The minimum Gasteiger partial charge on any atom is -0.484 e. The smallest absolute Gasteiger partial charge is 0.272 e. The fraction of sp³-hybridized carbons (Fsp3) is 0.292. The molecule has 7 nitrogen and oxygen atoms in total. The maximum atomic E-state index is 12.8. The summed E-state index contributed by atoms with van der Waals surface area (Å²) in [6, 6.07) is 14.9. The van der Waals surface area contributed by atoms with Crippen molar-refractivity contribution in [2.75, 3.05) is 13.2 Å². The molecule has 1 aliphatic heterocycles. The summed E-state index contributed by atoms with van der Waals surface area (Å²) in [5.41, 5.74) is 4.13. The molecule has 0 radical (unpaired) electrons. The van der Waals surface area contributed by atoms with Crippen LogP contribution < -0.4 is 10.1 Å². The lowest BCUT2D eigenvalue weighted by Crippen LogP contribution is -2.39. The number of aryl methyl sites for hydroxylation is 2. The van der Waals surface area contributed by atoms with E-state index in [1.54, 1.807) is 21.7 Å². The Kier molecular flexibility index (Phi) is 6.46. The summed E-state index contributed by atoms with van der Waals surface area (Å²) < 4.78 is 7.40. The minimum absolute atomic E-state index is 0.0445. The number of hydrogen-bond acceptors (Lipinski definition) is 4. The first kappa shape index (κ1) is 21.9. The van der Waals surface area contributed by atoms with E-state index < -0.39 is 0 Å². The van der Waals surface area contributed by atoms with Crippen LogP contribution in [0.25, 0.3) is 0 Å². The molecule has 0 unspecified atom stereocenters. The van der Waals surface area contributed by atoms with Crippen LogP contribution in [0.5, 0.6) is 5.75 Å². The highest BCUT2D eigenvalue weighted by Crippen LogP contribution is 2.23. The van der Waals surface area contributed by atoms with E-state index in [1.165, 1.54) is 0 Å². The fourth-order valence-corrected chi connectivity index (χ4v) is 3.92. The molecule has 1 aliphatic rings. The van der Waals surface area contributed by atoms with E-state index in [1.807, 2.05) is 50.4 Å². The Hall–Kier alpha value is -3.32. The molecule has 3 aromatic rings. The van der Waals surface area contributed by atoms with Gasteiger partial charge in [0.2, 0.25) is 0 Å². The number of fused-ring (bicyclic) bond motifs is 1. The summed E-state index contributed by atoms with van der Waals surface area (Å²) >= 11 is 5.91. The van der Waals surface area contributed by atoms with Crippen LogP contribution in [0, 0.1) is 6.92 Å². The molecule has 1 aromatic heterocycles. The second kappa shape index (κ2) is 9.44. The van der Waals surface area contributed by atoms with Crippen LogP contribution in [-0.2, 0) is 31.4 Å². The van der Waals surface area contributed by atoms with Crippen LogP contribution in [0.15, 0.2) is 48.5 Å². The van der Waals surface area contributed by atoms with Gasteiger partial charge in [-0.15, -0.1) is 0 Å². The molecular weight excluding hydrogens is 428 g/mol. The van der Waals surface area contributed by atoms with Gasteiger partial charge in [0.1, 0.15) is 5.75 Å². The maximum absolute atomic E-state index is 12.8. The van der Waals surface area contributed by atoms with Crippen LogP contribution >= 0.6 is 11.6 Å². The van der Waals surface area contributed by atoms with Gasteiger partial charge in [0.15, 0.2) is 12.3 Å². The van der Waals surface area contributed by atoms with Crippen LogP contribution in [0.1, 0.15) is 32.9 Å². The van der Waals surface area contributed by atoms with Gasteiger partial charge >= 0.3 is 0 Å². The van der Waals surface area contributed by atoms with Crippen molar-refractivity contribution in [1.29, 1.82) is 0 Å². The van der Waals surface area contributed by atoms with E-state index in [-0.39, 0.29) is 18.4 Å². The van der Waals surface area contributed by atoms with Crippen molar-refractivity contribution < 1.29 is 14.3 Å².